The molecule has 1 N–H and O–H groups in total. The number of carbonyl (C=O) groups is 2. The lowest BCUT2D eigenvalue weighted by Crippen LogP contribution is -2.39. The van der Waals surface area contributed by atoms with Gasteiger partial charge in [-0.05, 0) is 55.2 Å². The minimum Gasteiger partial charge on any atom is -0.326 e. The third-order valence-corrected chi connectivity index (χ3v) is 8.69. The van der Waals surface area contributed by atoms with Gasteiger partial charge in [-0.2, -0.15) is 4.31 Å². The molecule has 2 aromatic carbocycles. The molecule has 170 valence electrons. The van der Waals surface area contributed by atoms with E-state index in [4.69, 9.17) is 0 Å². The summed E-state index contributed by atoms with van der Waals surface area (Å²) in [6.45, 7) is 3.44. The second-order valence-corrected chi connectivity index (χ2v) is 11.2. The molecule has 0 radical (unpaired) electrons. The number of hydrogen-bond donors (Lipinski definition) is 1. The van der Waals surface area contributed by atoms with Crippen molar-refractivity contribution in [1.82, 2.24) is 4.31 Å². The van der Waals surface area contributed by atoms with Gasteiger partial charge in [0.05, 0.1) is 16.3 Å². The number of rotatable bonds is 6. The molecule has 32 heavy (non-hydrogen) atoms. The van der Waals surface area contributed by atoms with Crippen LogP contribution in [0.1, 0.15) is 26.2 Å². The van der Waals surface area contributed by atoms with Crippen molar-refractivity contribution in [2.75, 3.05) is 35.6 Å². The number of nitrogens with one attached hydrogen (secondary N) is 1. The van der Waals surface area contributed by atoms with E-state index in [0.29, 0.717) is 37.0 Å². The van der Waals surface area contributed by atoms with E-state index in [0.717, 1.165) is 23.4 Å². The van der Waals surface area contributed by atoms with E-state index in [1.54, 1.807) is 21.3 Å². The number of thioether (sulfide) groups is 1. The predicted octanol–water partition coefficient (Wildman–Crippen LogP) is 3.57. The molecule has 2 amide bonds. The molecule has 0 saturated carbocycles. The number of piperidine rings is 1. The number of para-hydroxylation sites is 1. The molecule has 9 heteroatoms. The van der Waals surface area contributed by atoms with Crippen molar-refractivity contribution in [2.45, 2.75) is 36.0 Å². The number of anilines is 2. The van der Waals surface area contributed by atoms with Gasteiger partial charge in [-0.1, -0.05) is 19.1 Å². The molecule has 2 aromatic rings. The first kappa shape index (κ1) is 22.8. The zero-order chi connectivity index (χ0) is 22.7. The first-order valence-electron chi connectivity index (χ1n) is 10.8. The highest BCUT2D eigenvalue weighted by atomic mass is 32.2. The molecule has 1 unspecified atom stereocenters. The average Bonchev–Trinajstić information content (AvgIpc) is 2.79. The Balaban J connectivity index is 1.36. The zero-order valence-corrected chi connectivity index (χ0v) is 19.6. The molecule has 2 aliphatic heterocycles. The molecule has 2 heterocycles. The topological polar surface area (TPSA) is 86.8 Å². The number of hydrogen-bond acceptors (Lipinski definition) is 5. The fourth-order valence-electron chi connectivity index (χ4n) is 4.06. The van der Waals surface area contributed by atoms with Crippen LogP contribution in [-0.2, 0) is 19.6 Å². The Kier molecular flexibility index (Phi) is 6.88. The highest BCUT2D eigenvalue weighted by molar-refractivity contribution is 8.00. The maximum absolute atomic E-state index is 12.9. The maximum atomic E-state index is 12.9. The quantitative estimate of drug-likeness (QED) is 0.693. The van der Waals surface area contributed by atoms with Crippen molar-refractivity contribution in [3.05, 3.63) is 48.5 Å². The van der Waals surface area contributed by atoms with Gasteiger partial charge in [0.2, 0.25) is 21.8 Å². The summed E-state index contributed by atoms with van der Waals surface area (Å²) >= 11 is 1.51. The lowest BCUT2D eigenvalue weighted by atomic mass is 10.0. The molecule has 4 rings (SSSR count). The Bertz CT molecular complexity index is 1100. The second-order valence-electron chi connectivity index (χ2n) is 8.23. The first-order valence-corrected chi connectivity index (χ1v) is 13.2. The minimum absolute atomic E-state index is 0.0110. The van der Waals surface area contributed by atoms with E-state index < -0.39 is 10.0 Å². The molecule has 7 nitrogen and oxygen atoms in total. The van der Waals surface area contributed by atoms with E-state index >= 15 is 0 Å². The van der Waals surface area contributed by atoms with Crippen LogP contribution in [0, 0.1) is 5.92 Å². The molecule has 0 aliphatic carbocycles. The van der Waals surface area contributed by atoms with Crippen LogP contribution in [0.15, 0.2) is 58.3 Å². The summed E-state index contributed by atoms with van der Waals surface area (Å²) in [7, 11) is -3.52. The van der Waals surface area contributed by atoms with Crippen LogP contribution in [0.2, 0.25) is 0 Å². The van der Waals surface area contributed by atoms with E-state index in [-0.39, 0.29) is 23.1 Å². The number of amides is 2. The van der Waals surface area contributed by atoms with E-state index in [1.807, 2.05) is 24.3 Å². The largest absolute Gasteiger partial charge is 0.326 e. The van der Waals surface area contributed by atoms with Gasteiger partial charge in [0, 0.05) is 36.6 Å². The van der Waals surface area contributed by atoms with Crippen LogP contribution in [0.5, 0.6) is 0 Å². The lowest BCUT2D eigenvalue weighted by molar-refractivity contribution is -0.117. The molecule has 2 aliphatic rings. The zero-order valence-electron chi connectivity index (χ0n) is 18.0. The summed E-state index contributed by atoms with van der Waals surface area (Å²) in [4.78, 5) is 27.7. The molecule has 1 saturated heterocycles. The molecule has 0 spiro atoms. The molecule has 0 aromatic heterocycles. The summed E-state index contributed by atoms with van der Waals surface area (Å²) in [5, 5.41) is 2.80. The highest BCUT2D eigenvalue weighted by Crippen LogP contribution is 2.35. The molecule has 1 fully saturated rings. The van der Waals surface area contributed by atoms with Gasteiger partial charge in [-0.25, -0.2) is 8.42 Å². The summed E-state index contributed by atoms with van der Waals surface area (Å²) < 4.78 is 27.3. The normalized spacial score (nSPS) is 19.5. The monoisotopic (exact) mass is 473 g/mol. The number of nitrogens with zero attached hydrogens (tertiary/aromatic N) is 2. The van der Waals surface area contributed by atoms with Crippen molar-refractivity contribution in [3.8, 4) is 0 Å². The van der Waals surface area contributed by atoms with Gasteiger partial charge in [0.1, 0.15) is 0 Å². The van der Waals surface area contributed by atoms with Crippen LogP contribution in [0.25, 0.3) is 0 Å². The van der Waals surface area contributed by atoms with Crippen molar-refractivity contribution >= 4 is 45.0 Å². The lowest BCUT2D eigenvalue weighted by Gasteiger charge is -2.30. The van der Waals surface area contributed by atoms with Gasteiger partial charge in [-0.15, -0.1) is 11.8 Å². The number of sulfonamides is 1. The first-order chi connectivity index (χ1) is 15.3. The van der Waals surface area contributed by atoms with Gasteiger partial charge < -0.3 is 10.2 Å². The number of fused-ring (bicyclic) bond motifs is 1. The van der Waals surface area contributed by atoms with Gasteiger partial charge >= 0.3 is 0 Å². The van der Waals surface area contributed by atoms with Crippen molar-refractivity contribution < 1.29 is 18.0 Å². The van der Waals surface area contributed by atoms with Crippen LogP contribution in [0.3, 0.4) is 0 Å². The Morgan fingerprint density at radius 3 is 2.66 bits per heavy atom. The Morgan fingerprint density at radius 1 is 1.16 bits per heavy atom. The number of benzene rings is 2. The van der Waals surface area contributed by atoms with E-state index in [1.165, 1.54) is 23.9 Å². The van der Waals surface area contributed by atoms with Crippen LogP contribution in [0.4, 0.5) is 11.4 Å². The van der Waals surface area contributed by atoms with Crippen LogP contribution < -0.4 is 10.2 Å². The molecule has 1 atom stereocenters. The smallest absolute Gasteiger partial charge is 0.243 e. The molecule has 0 bridgehead atoms. The minimum atomic E-state index is -3.52. The highest BCUT2D eigenvalue weighted by Gasteiger charge is 2.28. The Morgan fingerprint density at radius 2 is 1.91 bits per heavy atom. The van der Waals surface area contributed by atoms with E-state index in [2.05, 4.69) is 12.2 Å². The summed E-state index contributed by atoms with van der Waals surface area (Å²) in [5.41, 5.74) is 1.37. The van der Waals surface area contributed by atoms with Crippen molar-refractivity contribution in [1.29, 1.82) is 0 Å². The standard InChI is InChI=1S/C23H27N3O4S2/c1-17-5-4-13-25(15-17)32(29,30)19-10-8-18(9-11-19)24-22(27)12-14-26-20-6-2-3-7-21(20)31-16-23(26)28/h2-3,6-11,17H,4-5,12-16H2,1H3,(H,24,27). The Labute approximate surface area is 193 Å². The molecular formula is C23H27N3O4S2. The van der Waals surface area contributed by atoms with Gasteiger partial charge in [0.15, 0.2) is 0 Å². The summed E-state index contributed by atoms with van der Waals surface area (Å²) in [6, 6.07) is 14.0. The average molecular weight is 474 g/mol. The molecular weight excluding hydrogens is 446 g/mol. The number of carbonyl (C=O) groups excluding carboxylic acids is 2. The maximum Gasteiger partial charge on any atom is 0.243 e. The van der Waals surface area contributed by atoms with Gasteiger partial charge in [0.25, 0.3) is 0 Å². The van der Waals surface area contributed by atoms with Gasteiger partial charge in [-0.3, -0.25) is 9.59 Å². The third kappa shape index (κ3) is 5.00. The third-order valence-electron chi connectivity index (χ3n) is 5.77. The fraction of sp³-hybridized carbons (Fsp3) is 0.391. The SMILES string of the molecule is CC1CCCN(S(=O)(=O)c2ccc(NC(=O)CCN3C(=O)CSc4ccccc43)cc2)C1. The van der Waals surface area contributed by atoms with Crippen LogP contribution >= 0.6 is 11.8 Å². The predicted molar refractivity (Wildman–Crippen MR) is 126 cm³/mol. The van der Waals surface area contributed by atoms with Crippen molar-refractivity contribution in [3.63, 3.8) is 0 Å². The van der Waals surface area contributed by atoms with Crippen LogP contribution in [-0.4, -0.2) is 49.9 Å². The Hall–Kier alpha value is -2.36. The van der Waals surface area contributed by atoms with Crippen molar-refractivity contribution in [2.24, 2.45) is 5.92 Å². The fourth-order valence-corrected chi connectivity index (χ4v) is 6.59. The summed E-state index contributed by atoms with van der Waals surface area (Å²) in [5.74, 6) is 0.483. The van der Waals surface area contributed by atoms with E-state index in [9.17, 15) is 18.0 Å². The summed E-state index contributed by atoms with van der Waals surface area (Å²) in [6.07, 6.45) is 2.07. The second kappa shape index (κ2) is 9.64.